The highest BCUT2D eigenvalue weighted by molar-refractivity contribution is 5.88. The van der Waals surface area contributed by atoms with Gasteiger partial charge in [-0.3, -0.25) is 14.5 Å². The van der Waals surface area contributed by atoms with Gasteiger partial charge in [-0.05, 0) is 54.3 Å². The molecule has 0 saturated heterocycles. The van der Waals surface area contributed by atoms with Gasteiger partial charge in [0.1, 0.15) is 5.82 Å². The van der Waals surface area contributed by atoms with Crippen LogP contribution in [0, 0.1) is 12.7 Å². The molecule has 0 amide bonds. The number of rotatable bonds is 13. The lowest BCUT2D eigenvalue weighted by Gasteiger charge is -2.24. The van der Waals surface area contributed by atoms with Gasteiger partial charge in [-0.25, -0.2) is 14.2 Å². The average molecular weight is 574 g/mol. The van der Waals surface area contributed by atoms with Crippen LogP contribution >= 0.6 is 0 Å². The number of carboxylic acids is 3. The summed E-state index contributed by atoms with van der Waals surface area (Å²) in [5.74, 6) is -3.61. The molecule has 0 spiro atoms. The largest absolute Gasteiger partial charge is 0.481 e. The number of fused-ring (bicyclic) bond motifs is 1. The van der Waals surface area contributed by atoms with Crippen LogP contribution in [0.4, 0.5) is 4.39 Å². The average Bonchev–Trinajstić information content (AvgIpc) is 3.57. The van der Waals surface area contributed by atoms with Gasteiger partial charge < -0.3 is 34.5 Å². The van der Waals surface area contributed by atoms with Crippen LogP contribution in [0.3, 0.4) is 0 Å². The molecule has 4 rings (SSSR count). The minimum atomic E-state index is -2.74. The number of imidazole rings is 1. The lowest BCUT2D eigenvalue weighted by molar-refractivity contribution is -0.170. The lowest BCUT2D eigenvalue weighted by Crippen LogP contribution is -2.42. The van der Waals surface area contributed by atoms with E-state index in [-0.39, 0.29) is 12.6 Å². The van der Waals surface area contributed by atoms with Gasteiger partial charge in [-0.1, -0.05) is 12.1 Å². The van der Waals surface area contributed by atoms with Crippen molar-refractivity contribution in [3.05, 3.63) is 77.6 Å². The fourth-order valence-electron chi connectivity index (χ4n) is 4.17. The van der Waals surface area contributed by atoms with Gasteiger partial charge in [0.05, 0.1) is 19.2 Å². The Kier molecular flexibility index (Phi) is 10.8. The number of aryl methyl sites for hydroxylation is 2. The van der Waals surface area contributed by atoms with E-state index in [9.17, 15) is 18.8 Å². The topological polar surface area (TPSA) is 172 Å². The first-order valence-corrected chi connectivity index (χ1v) is 12.7. The zero-order chi connectivity index (χ0) is 30.0. The molecule has 0 bridgehead atoms. The van der Waals surface area contributed by atoms with E-state index in [2.05, 4.69) is 27.4 Å². The third-order valence-electron chi connectivity index (χ3n) is 6.28. The van der Waals surface area contributed by atoms with Crippen LogP contribution in [0.1, 0.15) is 36.0 Å². The van der Waals surface area contributed by atoms with Gasteiger partial charge in [0.25, 0.3) is 0 Å². The summed E-state index contributed by atoms with van der Waals surface area (Å²) >= 11 is 0. The summed E-state index contributed by atoms with van der Waals surface area (Å²) in [7, 11) is 0. The van der Waals surface area contributed by atoms with Gasteiger partial charge in [0.2, 0.25) is 6.79 Å². The third kappa shape index (κ3) is 9.58. The quantitative estimate of drug-likeness (QED) is 0.237. The number of benzene rings is 2. The van der Waals surface area contributed by atoms with Crippen LogP contribution in [-0.2, 0) is 34.0 Å². The van der Waals surface area contributed by atoms with Gasteiger partial charge in [-0.2, -0.15) is 0 Å². The standard InChI is InChI=1S/C22H24FN3O2.C6H8O7/c1-17-11-21-22(28-16-27-21)12-19(17)14-26(9-2-8-25-10-7-24-15-25)13-18-3-5-20(23)6-4-18;7-3(8)1-6(13,5(11)12)2-4(9)10/h3-7,10-12,15H,2,8-9,13-14,16H2,1H3;13H,1-2H2,(H,7,8)(H,9,10)(H,11,12). The SMILES string of the molecule is Cc1cc2c(cc1CN(CCCn1ccnc1)Cc1ccc(F)cc1)OCO2.O=C(O)CC(O)(CC(=O)O)C(=O)O. The molecule has 0 radical (unpaired) electrons. The molecule has 1 aliphatic rings. The maximum absolute atomic E-state index is 13.3. The number of ether oxygens (including phenoxy) is 2. The van der Waals surface area contributed by atoms with E-state index in [1.807, 2.05) is 30.7 Å². The molecular weight excluding hydrogens is 541 g/mol. The summed E-state index contributed by atoms with van der Waals surface area (Å²) in [5.41, 5.74) is 0.761. The van der Waals surface area contributed by atoms with E-state index in [1.165, 1.54) is 23.3 Å². The molecule has 0 aliphatic carbocycles. The highest BCUT2D eigenvalue weighted by atomic mass is 19.1. The predicted octanol–water partition coefficient (Wildman–Crippen LogP) is 2.90. The van der Waals surface area contributed by atoms with Gasteiger partial charge in [0, 0.05) is 38.6 Å². The monoisotopic (exact) mass is 573 g/mol. The van der Waals surface area contributed by atoms with Crippen molar-refractivity contribution < 1.29 is 48.7 Å². The zero-order valence-electron chi connectivity index (χ0n) is 22.4. The summed E-state index contributed by atoms with van der Waals surface area (Å²) in [4.78, 5) is 37.0. The predicted molar refractivity (Wildman–Crippen MR) is 142 cm³/mol. The normalized spacial score (nSPS) is 12.1. The van der Waals surface area contributed by atoms with Crippen LogP contribution in [0.2, 0.25) is 0 Å². The van der Waals surface area contributed by atoms with E-state index in [0.717, 1.165) is 49.7 Å². The first kappa shape index (κ1) is 31.0. The zero-order valence-corrected chi connectivity index (χ0v) is 22.4. The molecule has 4 N–H and O–H groups in total. The molecule has 1 aliphatic heterocycles. The summed E-state index contributed by atoms with van der Waals surface area (Å²) in [6.45, 7) is 5.77. The Morgan fingerprint density at radius 2 is 1.66 bits per heavy atom. The summed E-state index contributed by atoms with van der Waals surface area (Å²) in [5, 5.41) is 33.8. The number of carboxylic acid groups (broad SMARTS) is 3. The van der Waals surface area contributed by atoms with Crippen LogP contribution < -0.4 is 9.47 Å². The maximum atomic E-state index is 13.3. The number of aliphatic carboxylic acids is 3. The number of hydrogen-bond donors (Lipinski definition) is 4. The molecule has 41 heavy (non-hydrogen) atoms. The molecule has 220 valence electrons. The fraction of sp³-hybridized carbons (Fsp3) is 0.357. The van der Waals surface area contributed by atoms with Crippen molar-refractivity contribution in [2.75, 3.05) is 13.3 Å². The van der Waals surface area contributed by atoms with E-state index >= 15 is 0 Å². The Balaban J connectivity index is 0.000000302. The Bertz CT molecular complexity index is 1310. The molecular formula is C28H32FN3O9. The van der Waals surface area contributed by atoms with Crippen molar-refractivity contribution in [3.63, 3.8) is 0 Å². The van der Waals surface area contributed by atoms with Crippen LogP contribution in [0.15, 0.2) is 55.1 Å². The number of aromatic nitrogens is 2. The van der Waals surface area contributed by atoms with E-state index in [0.29, 0.717) is 0 Å². The molecule has 2 heterocycles. The Morgan fingerprint density at radius 1 is 1.02 bits per heavy atom. The van der Waals surface area contributed by atoms with E-state index in [4.69, 9.17) is 29.9 Å². The minimum Gasteiger partial charge on any atom is -0.481 e. The highest BCUT2D eigenvalue weighted by Crippen LogP contribution is 2.35. The Labute approximate surface area is 235 Å². The second kappa shape index (κ2) is 14.2. The summed E-state index contributed by atoms with van der Waals surface area (Å²) in [6.07, 6.45) is 4.33. The molecule has 2 aromatic carbocycles. The summed E-state index contributed by atoms with van der Waals surface area (Å²) < 4.78 is 26.4. The minimum absolute atomic E-state index is 0.206. The second-order valence-electron chi connectivity index (χ2n) is 9.60. The van der Waals surface area contributed by atoms with Crippen LogP contribution in [-0.4, -0.2) is 71.7 Å². The molecule has 0 saturated carbocycles. The Morgan fingerprint density at radius 3 is 2.22 bits per heavy atom. The lowest BCUT2D eigenvalue weighted by atomic mass is 9.96. The molecule has 13 heteroatoms. The first-order valence-electron chi connectivity index (χ1n) is 12.7. The number of carbonyl (C=O) groups is 3. The second-order valence-corrected chi connectivity index (χ2v) is 9.60. The molecule has 1 aromatic heterocycles. The number of nitrogens with zero attached hydrogens (tertiary/aromatic N) is 3. The van der Waals surface area contributed by atoms with E-state index < -0.39 is 36.4 Å². The molecule has 0 atom stereocenters. The van der Waals surface area contributed by atoms with Gasteiger partial charge in [0.15, 0.2) is 17.1 Å². The van der Waals surface area contributed by atoms with Crippen molar-refractivity contribution in [2.45, 2.75) is 51.4 Å². The number of halogens is 1. The van der Waals surface area contributed by atoms with Crippen molar-refractivity contribution in [1.82, 2.24) is 14.5 Å². The third-order valence-corrected chi connectivity index (χ3v) is 6.28. The first-order chi connectivity index (χ1) is 19.4. The molecule has 0 unspecified atom stereocenters. The fourth-order valence-corrected chi connectivity index (χ4v) is 4.17. The van der Waals surface area contributed by atoms with Crippen molar-refractivity contribution in [1.29, 1.82) is 0 Å². The van der Waals surface area contributed by atoms with Gasteiger partial charge >= 0.3 is 17.9 Å². The summed E-state index contributed by atoms with van der Waals surface area (Å²) in [6, 6.07) is 10.9. The maximum Gasteiger partial charge on any atom is 0.336 e. The van der Waals surface area contributed by atoms with Crippen molar-refractivity contribution in [3.8, 4) is 11.5 Å². The van der Waals surface area contributed by atoms with Crippen molar-refractivity contribution in [2.24, 2.45) is 0 Å². The van der Waals surface area contributed by atoms with E-state index in [1.54, 1.807) is 6.20 Å². The molecule has 0 fully saturated rings. The highest BCUT2D eigenvalue weighted by Gasteiger charge is 2.40. The Hall–Kier alpha value is -4.49. The van der Waals surface area contributed by atoms with Crippen LogP contribution in [0.25, 0.3) is 0 Å². The van der Waals surface area contributed by atoms with Crippen LogP contribution in [0.5, 0.6) is 11.5 Å². The van der Waals surface area contributed by atoms with Gasteiger partial charge in [-0.15, -0.1) is 0 Å². The number of aliphatic hydroxyl groups is 1. The van der Waals surface area contributed by atoms with Crippen molar-refractivity contribution >= 4 is 17.9 Å². The smallest absolute Gasteiger partial charge is 0.336 e. The number of hydrogen-bond acceptors (Lipinski definition) is 8. The molecule has 12 nitrogen and oxygen atoms in total. The molecule has 3 aromatic rings.